The summed E-state index contributed by atoms with van der Waals surface area (Å²) < 4.78 is 43.2. The summed E-state index contributed by atoms with van der Waals surface area (Å²) in [5.74, 6) is -5.46. The van der Waals surface area contributed by atoms with E-state index in [1.807, 2.05) is 0 Å². The highest BCUT2D eigenvalue weighted by Gasteiger charge is 2.46. The van der Waals surface area contributed by atoms with Gasteiger partial charge >= 0.3 is 0 Å². The molecule has 2 aromatic heterocycles. The van der Waals surface area contributed by atoms with Gasteiger partial charge in [-0.3, -0.25) is 14.0 Å². The molecule has 2 heterocycles. The van der Waals surface area contributed by atoms with Gasteiger partial charge in [-0.05, 0) is 43.2 Å². The average molecular weight is 432 g/mol. The zero-order valence-electron chi connectivity index (χ0n) is 16.2. The Hall–Kier alpha value is -3.40. The predicted octanol–water partition coefficient (Wildman–Crippen LogP) is 3.00. The summed E-state index contributed by atoms with van der Waals surface area (Å²) in [5.41, 5.74) is 0.399. The average Bonchev–Trinajstić information content (AvgIpc) is 3.17. The SMILES string of the molecule is O=C(NC1CCCC(F)(F)C1O)c1ccc(F)c(NC(=O)c2cnc3ccccn23)c1. The quantitative estimate of drug-likeness (QED) is 0.591. The number of halogens is 3. The molecule has 10 heteroatoms. The minimum atomic E-state index is -3.29. The number of fused-ring (bicyclic) bond motifs is 1. The molecular weight excluding hydrogens is 413 g/mol. The predicted molar refractivity (Wildman–Crippen MR) is 106 cm³/mol. The number of carbonyl (C=O) groups is 2. The summed E-state index contributed by atoms with van der Waals surface area (Å²) in [6.45, 7) is 0. The lowest BCUT2D eigenvalue weighted by Gasteiger charge is -2.34. The van der Waals surface area contributed by atoms with Crippen LogP contribution >= 0.6 is 0 Å². The highest BCUT2D eigenvalue weighted by atomic mass is 19.3. The number of aliphatic hydroxyl groups excluding tert-OH is 1. The highest BCUT2D eigenvalue weighted by Crippen LogP contribution is 2.33. The summed E-state index contributed by atoms with van der Waals surface area (Å²) in [7, 11) is 0. The van der Waals surface area contributed by atoms with Crippen LogP contribution in [0, 0.1) is 5.82 Å². The van der Waals surface area contributed by atoms with Crippen molar-refractivity contribution in [3.8, 4) is 0 Å². The number of aliphatic hydroxyl groups is 1. The molecule has 0 bridgehead atoms. The number of hydrogen-bond acceptors (Lipinski definition) is 4. The van der Waals surface area contributed by atoms with Gasteiger partial charge in [0, 0.05) is 18.2 Å². The molecule has 1 aliphatic rings. The summed E-state index contributed by atoms with van der Waals surface area (Å²) in [6, 6.07) is 7.31. The standard InChI is InChI=1S/C21H19F3N4O3/c22-13-7-6-12(19(30)26-14-4-3-8-21(23,24)18(14)29)10-15(13)27-20(31)16-11-25-17-5-1-2-9-28(16)17/h1-2,5-7,9-11,14,18,29H,3-4,8H2,(H,26,30)(H,27,31). The molecule has 162 valence electrons. The van der Waals surface area contributed by atoms with Gasteiger partial charge in [0.1, 0.15) is 23.3 Å². The van der Waals surface area contributed by atoms with Crippen molar-refractivity contribution in [2.24, 2.45) is 0 Å². The van der Waals surface area contributed by atoms with E-state index in [0.29, 0.717) is 5.65 Å². The number of nitrogens with one attached hydrogen (secondary N) is 2. The molecule has 1 aliphatic carbocycles. The zero-order chi connectivity index (χ0) is 22.2. The van der Waals surface area contributed by atoms with Crippen LogP contribution in [0.2, 0.25) is 0 Å². The van der Waals surface area contributed by atoms with Crippen molar-refractivity contribution in [2.45, 2.75) is 37.3 Å². The van der Waals surface area contributed by atoms with Crippen LogP contribution in [-0.4, -0.2) is 44.4 Å². The lowest BCUT2D eigenvalue weighted by atomic mass is 9.89. The maximum absolute atomic E-state index is 14.3. The van der Waals surface area contributed by atoms with Crippen molar-refractivity contribution >= 4 is 23.1 Å². The Kier molecular flexibility index (Phi) is 5.40. The summed E-state index contributed by atoms with van der Waals surface area (Å²) in [4.78, 5) is 29.2. The van der Waals surface area contributed by atoms with E-state index in [9.17, 15) is 27.9 Å². The van der Waals surface area contributed by atoms with Gasteiger partial charge in [-0.15, -0.1) is 0 Å². The first-order chi connectivity index (χ1) is 14.8. The molecule has 3 aromatic rings. The van der Waals surface area contributed by atoms with Gasteiger partial charge in [0.25, 0.3) is 17.7 Å². The second-order valence-corrected chi connectivity index (χ2v) is 7.40. The van der Waals surface area contributed by atoms with Crippen LogP contribution in [0.25, 0.3) is 5.65 Å². The van der Waals surface area contributed by atoms with Crippen molar-refractivity contribution < 1.29 is 27.9 Å². The molecule has 31 heavy (non-hydrogen) atoms. The van der Waals surface area contributed by atoms with Crippen LogP contribution in [0.5, 0.6) is 0 Å². The van der Waals surface area contributed by atoms with Crippen LogP contribution in [-0.2, 0) is 0 Å². The van der Waals surface area contributed by atoms with Gasteiger partial charge in [-0.1, -0.05) is 6.07 Å². The first-order valence-corrected chi connectivity index (χ1v) is 9.66. The van der Waals surface area contributed by atoms with Gasteiger partial charge in [0.2, 0.25) is 0 Å². The van der Waals surface area contributed by atoms with E-state index in [-0.39, 0.29) is 29.8 Å². The molecule has 2 unspecified atom stereocenters. The van der Waals surface area contributed by atoms with Crippen molar-refractivity contribution in [1.82, 2.24) is 14.7 Å². The number of alkyl halides is 2. The Balaban J connectivity index is 1.52. The van der Waals surface area contributed by atoms with E-state index >= 15 is 0 Å². The van der Waals surface area contributed by atoms with Gasteiger partial charge in [-0.2, -0.15) is 0 Å². The summed E-state index contributed by atoms with van der Waals surface area (Å²) >= 11 is 0. The molecular formula is C21H19F3N4O3. The molecule has 0 spiro atoms. The van der Waals surface area contributed by atoms with Gasteiger partial charge < -0.3 is 15.7 Å². The normalized spacial score (nSPS) is 20.4. The fraction of sp³-hybridized carbons (Fsp3) is 0.286. The number of hydrogen-bond donors (Lipinski definition) is 3. The van der Waals surface area contributed by atoms with E-state index in [0.717, 1.165) is 12.1 Å². The molecule has 1 aromatic carbocycles. The monoisotopic (exact) mass is 432 g/mol. The van der Waals surface area contributed by atoms with Crippen molar-refractivity contribution in [1.29, 1.82) is 0 Å². The number of pyridine rings is 1. The molecule has 2 atom stereocenters. The third-order valence-corrected chi connectivity index (χ3v) is 5.28. The number of rotatable bonds is 4. The van der Waals surface area contributed by atoms with Gasteiger partial charge in [-0.25, -0.2) is 18.2 Å². The molecule has 3 N–H and O–H groups in total. The molecule has 0 saturated heterocycles. The van der Waals surface area contributed by atoms with E-state index in [4.69, 9.17) is 0 Å². The molecule has 1 fully saturated rings. The first-order valence-electron chi connectivity index (χ1n) is 9.66. The molecule has 0 radical (unpaired) electrons. The fourth-order valence-electron chi connectivity index (χ4n) is 3.61. The smallest absolute Gasteiger partial charge is 0.275 e. The molecule has 4 rings (SSSR count). The largest absolute Gasteiger partial charge is 0.385 e. The third kappa shape index (κ3) is 4.11. The maximum Gasteiger partial charge on any atom is 0.275 e. The van der Waals surface area contributed by atoms with Crippen molar-refractivity contribution in [2.75, 3.05) is 5.32 Å². The van der Waals surface area contributed by atoms with Crippen LogP contribution in [0.4, 0.5) is 18.9 Å². The first kappa shape index (κ1) is 20.9. The molecule has 2 amide bonds. The van der Waals surface area contributed by atoms with Gasteiger partial charge in [0.15, 0.2) is 0 Å². The number of anilines is 1. The summed E-state index contributed by atoms with van der Waals surface area (Å²) in [5, 5.41) is 14.6. The summed E-state index contributed by atoms with van der Waals surface area (Å²) in [6.07, 6.45) is 0.865. The Morgan fingerprint density at radius 1 is 1.19 bits per heavy atom. The lowest BCUT2D eigenvalue weighted by Crippen LogP contribution is -2.54. The minimum absolute atomic E-state index is 0.0454. The Morgan fingerprint density at radius 3 is 2.81 bits per heavy atom. The second kappa shape index (κ2) is 8.03. The Bertz CT molecular complexity index is 1150. The van der Waals surface area contributed by atoms with Crippen LogP contribution in [0.1, 0.15) is 40.1 Å². The van der Waals surface area contributed by atoms with Crippen LogP contribution < -0.4 is 10.6 Å². The van der Waals surface area contributed by atoms with E-state index in [1.54, 1.807) is 24.4 Å². The molecule has 1 saturated carbocycles. The Morgan fingerprint density at radius 2 is 2.00 bits per heavy atom. The van der Waals surface area contributed by atoms with E-state index < -0.39 is 42.1 Å². The van der Waals surface area contributed by atoms with Crippen molar-refractivity contribution in [3.05, 3.63) is 65.9 Å². The number of amides is 2. The Labute approximate surface area is 174 Å². The van der Waals surface area contributed by atoms with Crippen molar-refractivity contribution in [3.63, 3.8) is 0 Å². The van der Waals surface area contributed by atoms with E-state index in [2.05, 4.69) is 15.6 Å². The number of nitrogens with zero attached hydrogens (tertiary/aromatic N) is 2. The maximum atomic E-state index is 14.3. The highest BCUT2D eigenvalue weighted by molar-refractivity contribution is 6.04. The van der Waals surface area contributed by atoms with Gasteiger partial charge in [0.05, 0.1) is 17.9 Å². The molecule has 0 aliphatic heterocycles. The number of imidazole rings is 1. The van der Waals surface area contributed by atoms with Crippen LogP contribution in [0.15, 0.2) is 48.8 Å². The second-order valence-electron chi connectivity index (χ2n) is 7.40. The fourth-order valence-corrected chi connectivity index (χ4v) is 3.61. The number of aromatic nitrogens is 2. The molecule has 7 nitrogen and oxygen atoms in total. The number of carbonyl (C=O) groups excluding carboxylic acids is 2. The number of benzene rings is 1. The van der Waals surface area contributed by atoms with E-state index in [1.165, 1.54) is 16.7 Å². The minimum Gasteiger partial charge on any atom is -0.385 e. The lowest BCUT2D eigenvalue weighted by molar-refractivity contribution is -0.141. The zero-order valence-corrected chi connectivity index (χ0v) is 16.2. The topological polar surface area (TPSA) is 95.7 Å². The van der Waals surface area contributed by atoms with Crippen LogP contribution in [0.3, 0.4) is 0 Å². The third-order valence-electron chi connectivity index (χ3n) is 5.28.